The van der Waals surface area contributed by atoms with Gasteiger partial charge >= 0.3 is 0 Å². The van der Waals surface area contributed by atoms with Crippen molar-refractivity contribution in [3.8, 4) is 0 Å². The maximum absolute atomic E-state index is 12.7. The van der Waals surface area contributed by atoms with E-state index in [0.717, 1.165) is 5.56 Å². The van der Waals surface area contributed by atoms with Crippen LogP contribution in [0.4, 0.5) is 5.95 Å². The van der Waals surface area contributed by atoms with Crippen LogP contribution in [0.3, 0.4) is 0 Å². The second-order valence-electron chi connectivity index (χ2n) is 4.42. The Morgan fingerprint density at radius 2 is 2.00 bits per heavy atom. The molecule has 1 atom stereocenters. The lowest BCUT2D eigenvalue weighted by Gasteiger charge is -2.24. The van der Waals surface area contributed by atoms with Gasteiger partial charge in [0.15, 0.2) is 0 Å². The molecular formula is C14H19N5OS. The number of thioether (sulfide) groups is 1. The third-order valence-corrected chi connectivity index (χ3v) is 4.21. The first-order chi connectivity index (χ1) is 10.2. The Balaban J connectivity index is 2.28. The van der Waals surface area contributed by atoms with Crippen LogP contribution >= 0.6 is 11.8 Å². The summed E-state index contributed by atoms with van der Waals surface area (Å²) in [5.41, 5.74) is 6.48. The molecule has 0 fully saturated rings. The highest BCUT2D eigenvalue weighted by molar-refractivity contribution is 8.00. The van der Waals surface area contributed by atoms with E-state index in [4.69, 9.17) is 5.73 Å². The predicted octanol–water partition coefficient (Wildman–Crippen LogP) is 2.09. The number of nitrogens with two attached hydrogens (primary N) is 1. The molecular weight excluding hydrogens is 286 g/mol. The number of hydrogen-bond acceptors (Lipinski definition) is 5. The Bertz CT molecular complexity index is 582. The van der Waals surface area contributed by atoms with Gasteiger partial charge in [0.1, 0.15) is 5.25 Å². The van der Waals surface area contributed by atoms with Crippen molar-refractivity contribution in [1.82, 2.24) is 20.1 Å². The van der Waals surface area contributed by atoms with Crippen LogP contribution in [0.5, 0.6) is 0 Å². The van der Waals surface area contributed by atoms with Crippen molar-refractivity contribution in [1.29, 1.82) is 0 Å². The molecule has 0 aliphatic heterocycles. The molecule has 0 aliphatic rings. The fourth-order valence-electron chi connectivity index (χ4n) is 2.01. The number of nitrogens with zero attached hydrogens (tertiary/aromatic N) is 3. The largest absolute Gasteiger partial charge is 0.368 e. The van der Waals surface area contributed by atoms with Crippen LogP contribution in [-0.4, -0.2) is 39.1 Å². The van der Waals surface area contributed by atoms with E-state index in [1.807, 2.05) is 44.2 Å². The maximum Gasteiger partial charge on any atom is 0.240 e. The molecule has 112 valence electrons. The monoisotopic (exact) mass is 305 g/mol. The predicted molar refractivity (Wildman–Crippen MR) is 83.8 cm³/mol. The Morgan fingerprint density at radius 1 is 1.33 bits per heavy atom. The van der Waals surface area contributed by atoms with E-state index in [1.165, 1.54) is 11.8 Å². The highest BCUT2D eigenvalue weighted by Crippen LogP contribution is 2.35. The van der Waals surface area contributed by atoms with Crippen LogP contribution in [0.15, 0.2) is 35.5 Å². The smallest absolute Gasteiger partial charge is 0.240 e. The van der Waals surface area contributed by atoms with Gasteiger partial charge in [0.2, 0.25) is 17.0 Å². The zero-order chi connectivity index (χ0) is 15.2. The van der Waals surface area contributed by atoms with Crippen molar-refractivity contribution in [3.05, 3.63) is 35.9 Å². The Hall–Kier alpha value is -2.02. The van der Waals surface area contributed by atoms with Gasteiger partial charge in [-0.3, -0.25) is 4.79 Å². The number of benzene rings is 1. The number of likely N-dealkylation sites (N-methyl/N-ethyl adjacent to an activating group) is 1. The Labute approximate surface area is 128 Å². The number of hydrogen-bond donors (Lipinski definition) is 2. The third kappa shape index (κ3) is 3.75. The molecule has 0 bridgehead atoms. The van der Waals surface area contributed by atoms with Gasteiger partial charge in [0.05, 0.1) is 0 Å². The van der Waals surface area contributed by atoms with Gasteiger partial charge in [-0.15, -0.1) is 5.10 Å². The molecule has 0 aliphatic carbocycles. The minimum Gasteiger partial charge on any atom is -0.368 e. The van der Waals surface area contributed by atoms with Gasteiger partial charge in [0.25, 0.3) is 0 Å². The van der Waals surface area contributed by atoms with Gasteiger partial charge in [-0.05, 0) is 19.4 Å². The fourth-order valence-corrected chi connectivity index (χ4v) is 3.01. The summed E-state index contributed by atoms with van der Waals surface area (Å²) in [4.78, 5) is 18.6. The summed E-state index contributed by atoms with van der Waals surface area (Å²) in [5.74, 6) is 0.305. The van der Waals surface area contributed by atoms with Crippen LogP contribution in [0, 0.1) is 0 Å². The Morgan fingerprint density at radius 3 is 2.52 bits per heavy atom. The Kier molecular flexibility index (Phi) is 5.21. The third-order valence-electron chi connectivity index (χ3n) is 3.11. The van der Waals surface area contributed by atoms with Gasteiger partial charge < -0.3 is 10.6 Å². The van der Waals surface area contributed by atoms with Gasteiger partial charge in [-0.1, -0.05) is 42.1 Å². The molecule has 1 aromatic carbocycles. The first-order valence-electron chi connectivity index (χ1n) is 6.84. The van der Waals surface area contributed by atoms with Gasteiger partial charge in [0, 0.05) is 13.1 Å². The number of anilines is 1. The number of aromatic nitrogens is 3. The van der Waals surface area contributed by atoms with Crippen molar-refractivity contribution in [3.63, 3.8) is 0 Å². The lowest BCUT2D eigenvalue weighted by atomic mass is 10.1. The molecule has 2 aromatic rings. The first-order valence-corrected chi connectivity index (χ1v) is 7.72. The molecule has 6 nitrogen and oxygen atoms in total. The molecule has 3 N–H and O–H groups in total. The van der Waals surface area contributed by atoms with E-state index in [-0.39, 0.29) is 17.1 Å². The topological polar surface area (TPSA) is 87.9 Å². The number of carbonyl (C=O) groups excluding carboxylic acids is 1. The van der Waals surface area contributed by atoms with Crippen LogP contribution in [-0.2, 0) is 4.79 Å². The van der Waals surface area contributed by atoms with Crippen molar-refractivity contribution in [2.45, 2.75) is 24.3 Å². The molecule has 0 saturated heterocycles. The van der Waals surface area contributed by atoms with E-state index in [9.17, 15) is 4.79 Å². The number of amides is 1. The molecule has 7 heteroatoms. The molecule has 1 heterocycles. The second kappa shape index (κ2) is 7.12. The minimum atomic E-state index is -0.374. The summed E-state index contributed by atoms with van der Waals surface area (Å²) >= 11 is 1.31. The average molecular weight is 305 g/mol. The zero-order valence-electron chi connectivity index (χ0n) is 12.1. The maximum atomic E-state index is 12.7. The second-order valence-corrected chi connectivity index (χ2v) is 5.49. The molecule has 0 unspecified atom stereocenters. The quantitative estimate of drug-likeness (QED) is 0.798. The molecule has 0 saturated carbocycles. The number of nitrogen functional groups attached to an aromatic ring is 1. The molecule has 2 rings (SSSR count). The van der Waals surface area contributed by atoms with Crippen molar-refractivity contribution >= 4 is 23.6 Å². The van der Waals surface area contributed by atoms with Gasteiger partial charge in [-0.25, -0.2) is 5.10 Å². The minimum absolute atomic E-state index is 0.0552. The summed E-state index contributed by atoms with van der Waals surface area (Å²) in [6.07, 6.45) is 0. The summed E-state index contributed by atoms with van der Waals surface area (Å²) in [6, 6.07) is 9.65. The van der Waals surface area contributed by atoms with E-state index < -0.39 is 0 Å². The fraction of sp³-hybridized carbons (Fsp3) is 0.357. The van der Waals surface area contributed by atoms with Crippen molar-refractivity contribution in [2.75, 3.05) is 18.8 Å². The lowest BCUT2D eigenvalue weighted by molar-refractivity contribution is -0.130. The van der Waals surface area contributed by atoms with Gasteiger partial charge in [-0.2, -0.15) is 4.98 Å². The summed E-state index contributed by atoms with van der Waals surface area (Å²) in [7, 11) is 0. The summed E-state index contributed by atoms with van der Waals surface area (Å²) in [6.45, 7) is 5.29. The SMILES string of the molecule is CCN(CC)C(=O)[C@@H](Sc1n[nH]c(N)n1)c1ccccc1. The van der Waals surface area contributed by atoms with E-state index >= 15 is 0 Å². The first kappa shape index (κ1) is 15.4. The number of aromatic amines is 1. The standard InChI is InChI=1S/C14H19N5OS/c1-3-19(4-2)12(20)11(10-8-6-5-7-9-10)21-14-16-13(15)17-18-14/h5-9,11H,3-4H2,1-2H3,(H3,15,16,17,18)/t11-/m0/s1. The number of nitrogens with one attached hydrogen (secondary N) is 1. The lowest BCUT2D eigenvalue weighted by Crippen LogP contribution is -2.33. The molecule has 0 radical (unpaired) electrons. The highest BCUT2D eigenvalue weighted by Gasteiger charge is 2.27. The van der Waals surface area contributed by atoms with E-state index in [2.05, 4.69) is 15.2 Å². The summed E-state index contributed by atoms with van der Waals surface area (Å²) < 4.78 is 0. The van der Waals surface area contributed by atoms with Crippen LogP contribution in [0.25, 0.3) is 0 Å². The number of carbonyl (C=O) groups is 1. The normalized spacial score (nSPS) is 12.1. The molecule has 1 amide bonds. The van der Waals surface area contributed by atoms with E-state index in [1.54, 1.807) is 4.90 Å². The summed E-state index contributed by atoms with van der Waals surface area (Å²) in [5, 5.41) is 6.70. The molecule has 0 spiro atoms. The number of rotatable bonds is 6. The molecule has 1 aromatic heterocycles. The van der Waals surface area contributed by atoms with Crippen LogP contribution in [0.1, 0.15) is 24.7 Å². The van der Waals surface area contributed by atoms with E-state index in [0.29, 0.717) is 18.2 Å². The number of H-pyrrole nitrogens is 1. The van der Waals surface area contributed by atoms with Crippen molar-refractivity contribution in [2.24, 2.45) is 0 Å². The molecule has 21 heavy (non-hydrogen) atoms. The van der Waals surface area contributed by atoms with Crippen LogP contribution < -0.4 is 5.73 Å². The highest BCUT2D eigenvalue weighted by atomic mass is 32.2. The average Bonchev–Trinajstić information content (AvgIpc) is 2.92. The van der Waals surface area contributed by atoms with Crippen molar-refractivity contribution < 1.29 is 4.79 Å². The zero-order valence-corrected chi connectivity index (χ0v) is 12.9. The van der Waals surface area contributed by atoms with Crippen LogP contribution in [0.2, 0.25) is 0 Å².